The Bertz CT molecular complexity index is 367. The zero-order valence-electron chi connectivity index (χ0n) is 10.1. The van der Waals surface area contributed by atoms with Crippen molar-refractivity contribution < 1.29 is 0 Å². The summed E-state index contributed by atoms with van der Waals surface area (Å²) in [5.74, 6) is 0.387. The number of hydrogen-bond acceptors (Lipinski definition) is 3. The van der Waals surface area contributed by atoms with Gasteiger partial charge in [0.15, 0.2) is 0 Å². The first kappa shape index (κ1) is 14.4. The van der Waals surface area contributed by atoms with Crippen molar-refractivity contribution in [2.45, 2.75) is 32.9 Å². The Balaban J connectivity index is 2.45. The standard InChI is InChI=1S/C12H18ClN3S/c1-3-8(2)11(14)12(17)16-7-9-4-5-10(13)15-6-9/h4-6,8,11H,3,7,14H2,1-2H3,(H,16,17)/t8?,11-/m0/s1. The fourth-order valence-electron chi connectivity index (χ4n) is 1.33. The maximum atomic E-state index is 6.02. The molecule has 17 heavy (non-hydrogen) atoms. The molecular weight excluding hydrogens is 254 g/mol. The third-order valence-electron chi connectivity index (χ3n) is 2.82. The maximum Gasteiger partial charge on any atom is 0.129 e. The first-order valence-corrected chi connectivity index (χ1v) is 6.47. The van der Waals surface area contributed by atoms with E-state index in [0.717, 1.165) is 12.0 Å². The van der Waals surface area contributed by atoms with E-state index in [-0.39, 0.29) is 6.04 Å². The van der Waals surface area contributed by atoms with Crippen molar-refractivity contribution in [3.8, 4) is 0 Å². The van der Waals surface area contributed by atoms with Crippen LogP contribution in [0.3, 0.4) is 0 Å². The molecule has 0 radical (unpaired) electrons. The van der Waals surface area contributed by atoms with Crippen LogP contribution in [0.25, 0.3) is 0 Å². The average Bonchev–Trinajstić information content (AvgIpc) is 2.35. The summed E-state index contributed by atoms with van der Waals surface area (Å²) in [5, 5.41) is 3.65. The number of rotatable bonds is 5. The Morgan fingerprint density at radius 3 is 2.82 bits per heavy atom. The van der Waals surface area contributed by atoms with Crippen molar-refractivity contribution in [1.29, 1.82) is 0 Å². The van der Waals surface area contributed by atoms with Gasteiger partial charge in [-0.15, -0.1) is 0 Å². The summed E-state index contributed by atoms with van der Waals surface area (Å²) >= 11 is 11.0. The third kappa shape index (κ3) is 4.58. The quantitative estimate of drug-likeness (QED) is 0.638. The predicted molar refractivity (Wildman–Crippen MR) is 76.1 cm³/mol. The molecule has 0 fully saturated rings. The zero-order chi connectivity index (χ0) is 12.8. The van der Waals surface area contributed by atoms with Gasteiger partial charge in [-0.2, -0.15) is 0 Å². The lowest BCUT2D eigenvalue weighted by molar-refractivity contribution is 0.517. The molecule has 0 aliphatic heterocycles. The molecule has 1 aromatic rings. The molecule has 1 unspecified atom stereocenters. The number of halogens is 1. The number of nitrogens with one attached hydrogen (secondary N) is 1. The van der Waals surface area contributed by atoms with E-state index < -0.39 is 0 Å². The summed E-state index contributed by atoms with van der Waals surface area (Å²) in [6.07, 6.45) is 2.75. The molecule has 0 saturated heterocycles. The van der Waals surface area contributed by atoms with Gasteiger partial charge in [0, 0.05) is 12.7 Å². The van der Waals surface area contributed by atoms with Crippen LogP contribution in [-0.4, -0.2) is 16.0 Å². The van der Waals surface area contributed by atoms with Gasteiger partial charge < -0.3 is 11.1 Å². The summed E-state index contributed by atoms with van der Waals surface area (Å²) in [7, 11) is 0. The highest BCUT2D eigenvalue weighted by Gasteiger charge is 2.15. The molecule has 0 aliphatic carbocycles. The van der Waals surface area contributed by atoms with Crippen LogP contribution in [-0.2, 0) is 6.54 Å². The zero-order valence-corrected chi connectivity index (χ0v) is 11.7. The first-order chi connectivity index (χ1) is 8.04. The van der Waals surface area contributed by atoms with Crippen molar-refractivity contribution in [2.24, 2.45) is 11.7 Å². The number of nitrogens with zero attached hydrogens (tertiary/aromatic N) is 1. The van der Waals surface area contributed by atoms with E-state index in [1.54, 1.807) is 12.3 Å². The van der Waals surface area contributed by atoms with Crippen LogP contribution in [0.1, 0.15) is 25.8 Å². The van der Waals surface area contributed by atoms with Crippen molar-refractivity contribution in [3.63, 3.8) is 0 Å². The lowest BCUT2D eigenvalue weighted by Crippen LogP contribution is -2.43. The van der Waals surface area contributed by atoms with Crippen LogP contribution < -0.4 is 11.1 Å². The van der Waals surface area contributed by atoms with E-state index in [1.165, 1.54) is 0 Å². The highest BCUT2D eigenvalue weighted by atomic mass is 35.5. The van der Waals surface area contributed by atoms with E-state index in [1.807, 2.05) is 6.07 Å². The molecule has 1 heterocycles. The van der Waals surface area contributed by atoms with E-state index in [9.17, 15) is 0 Å². The van der Waals surface area contributed by atoms with Gasteiger partial charge in [-0.1, -0.05) is 50.2 Å². The molecule has 0 aromatic carbocycles. The molecule has 0 saturated carbocycles. The van der Waals surface area contributed by atoms with Crippen LogP contribution in [0.15, 0.2) is 18.3 Å². The lowest BCUT2D eigenvalue weighted by Gasteiger charge is -2.20. The van der Waals surface area contributed by atoms with Gasteiger partial charge >= 0.3 is 0 Å². The average molecular weight is 272 g/mol. The minimum absolute atomic E-state index is 0.0877. The molecule has 0 amide bonds. The summed E-state index contributed by atoms with van der Waals surface area (Å²) < 4.78 is 0. The van der Waals surface area contributed by atoms with Gasteiger partial charge in [0.05, 0.1) is 11.0 Å². The Kier molecular flexibility index (Phi) is 5.82. The SMILES string of the molecule is CCC(C)[C@H](N)C(=S)NCc1ccc(Cl)nc1. The molecule has 0 spiro atoms. The van der Waals surface area contributed by atoms with Crippen molar-refractivity contribution in [1.82, 2.24) is 10.3 Å². The topological polar surface area (TPSA) is 50.9 Å². The molecule has 0 bridgehead atoms. The van der Waals surface area contributed by atoms with Crippen molar-refractivity contribution >= 4 is 28.8 Å². The molecule has 3 nitrogen and oxygen atoms in total. The Morgan fingerprint density at radius 2 is 2.29 bits per heavy atom. The Hall–Kier alpha value is -0.710. The Labute approximate surface area is 113 Å². The second-order valence-corrected chi connectivity index (χ2v) is 4.95. The number of pyridine rings is 1. The predicted octanol–water partition coefficient (Wildman–Crippen LogP) is 2.53. The number of aromatic nitrogens is 1. The molecule has 5 heteroatoms. The van der Waals surface area contributed by atoms with Gasteiger partial charge in [0.1, 0.15) is 5.15 Å². The van der Waals surface area contributed by atoms with E-state index in [0.29, 0.717) is 22.6 Å². The first-order valence-electron chi connectivity index (χ1n) is 5.68. The smallest absolute Gasteiger partial charge is 0.129 e. The van der Waals surface area contributed by atoms with Gasteiger partial charge in [-0.25, -0.2) is 4.98 Å². The molecular formula is C12H18ClN3S. The summed E-state index contributed by atoms with van der Waals surface area (Å²) in [5.41, 5.74) is 7.05. The minimum Gasteiger partial charge on any atom is -0.374 e. The number of nitrogens with two attached hydrogens (primary N) is 1. The molecule has 1 aromatic heterocycles. The van der Waals surface area contributed by atoms with Crippen LogP contribution in [0, 0.1) is 5.92 Å². The molecule has 3 N–H and O–H groups in total. The molecule has 0 aliphatic rings. The largest absolute Gasteiger partial charge is 0.374 e. The summed E-state index contributed by atoms with van der Waals surface area (Å²) in [4.78, 5) is 4.71. The normalized spacial score (nSPS) is 14.1. The maximum absolute atomic E-state index is 6.02. The van der Waals surface area contributed by atoms with Crippen molar-refractivity contribution in [3.05, 3.63) is 29.0 Å². The second-order valence-electron chi connectivity index (χ2n) is 4.12. The number of hydrogen-bond donors (Lipinski definition) is 2. The molecule has 2 atom stereocenters. The molecule has 1 rings (SSSR count). The van der Waals surface area contributed by atoms with E-state index in [4.69, 9.17) is 29.6 Å². The second kappa shape index (κ2) is 6.89. The number of thiocarbonyl (C=S) groups is 1. The highest BCUT2D eigenvalue weighted by molar-refractivity contribution is 7.80. The Morgan fingerprint density at radius 1 is 1.59 bits per heavy atom. The fourth-order valence-corrected chi connectivity index (χ4v) is 1.75. The summed E-state index contributed by atoms with van der Waals surface area (Å²) in [6.45, 7) is 4.84. The molecule has 94 valence electrons. The van der Waals surface area contributed by atoms with Gasteiger partial charge in [0.2, 0.25) is 0 Å². The monoisotopic (exact) mass is 271 g/mol. The lowest BCUT2D eigenvalue weighted by atomic mass is 10.00. The van der Waals surface area contributed by atoms with Crippen LogP contribution in [0.4, 0.5) is 0 Å². The van der Waals surface area contributed by atoms with Gasteiger partial charge in [0.25, 0.3) is 0 Å². The van der Waals surface area contributed by atoms with E-state index in [2.05, 4.69) is 24.1 Å². The highest BCUT2D eigenvalue weighted by Crippen LogP contribution is 2.08. The van der Waals surface area contributed by atoms with Crippen LogP contribution in [0.2, 0.25) is 5.15 Å². The van der Waals surface area contributed by atoms with Crippen LogP contribution in [0.5, 0.6) is 0 Å². The van der Waals surface area contributed by atoms with Crippen LogP contribution >= 0.6 is 23.8 Å². The minimum atomic E-state index is -0.0877. The third-order valence-corrected chi connectivity index (χ3v) is 3.46. The van der Waals surface area contributed by atoms with Gasteiger partial charge in [-0.05, 0) is 17.5 Å². The van der Waals surface area contributed by atoms with Gasteiger partial charge in [-0.3, -0.25) is 0 Å². The van der Waals surface area contributed by atoms with Crippen molar-refractivity contribution in [2.75, 3.05) is 0 Å². The fraction of sp³-hybridized carbons (Fsp3) is 0.500. The summed E-state index contributed by atoms with van der Waals surface area (Å²) in [6, 6.07) is 3.59. The van der Waals surface area contributed by atoms with E-state index >= 15 is 0 Å².